The molecule has 1 unspecified atom stereocenters. The Labute approximate surface area is 186 Å². The minimum Gasteiger partial charge on any atom is -0.391 e. The van der Waals surface area contributed by atoms with Crippen LogP contribution in [0.4, 0.5) is 26.1 Å². The van der Waals surface area contributed by atoms with Gasteiger partial charge in [0.1, 0.15) is 22.9 Å². The van der Waals surface area contributed by atoms with Crippen molar-refractivity contribution in [1.82, 2.24) is 24.5 Å². The van der Waals surface area contributed by atoms with Crippen molar-refractivity contribution in [3.05, 3.63) is 46.5 Å². The van der Waals surface area contributed by atoms with Crippen LogP contribution in [-0.4, -0.2) is 55.3 Å². The van der Waals surface area contributed by atoms with Gasteiger partial charge in [0, 0.05) is 25.7 Å². The van der Waals surface area contributed by atoms with E-state index in [1.165, 1.54) is 15.3 Å². The van der Waals surface area contributed by atoms with Gasteiger partial charge in [-0.3, -0.25) is 9.59 Å². The topological polar surface area (TPSA) is 126 Å². The molecule has 2 saturated carbocycles. The summed E-state index contributed by atoms with van der Waals surface area (Å²) in [7, 11) is 1.66. The first-order chi connectivity index (χ1) is 15.8. The lowest BCUT2D eigenvalue weighted by molar-refractivity contribution is -0.102. The molecule has 1 amide bonds. The molecule has 33 heavy (non-hydrogen) atoms. The second-order valence-electron chi connectivity index (χ2n) is 8.37. The molecule has 2 aliphatic rings. The molecule has 0 spiro atoms. The lowest BCUT2D eigenvalue weighted by Gasteiger charge is -2.36. The van der Waals surface area contributed by atoms with Crippen LogP contribution >= 0.6 is 0 Å². The number of aliphatic hydroxyl groups excluding tert-OH is 1. The fraction of sp³-hybridized carbons (Fsp3) is 0.429. The summed E-state index contributed by atoms with van der Waals surface area (Å²) in [5.74, 6) is -2.88. The number of nitrogens with zero attached hydrogens (tertiary/aromatic N) is 4. The van der Waals surface area contributed by atoms with Gasteiger partial charge in [-0.2, -0.15) is 9.61 Å². The molecular formula is C21H23F2N7O3. The van der Waals surface area contributed by atoms with Crippen LogP contribution in [0.15, 0.2) is 35.4 Å². The minimum absolute atomic E-state index is 0.0425. The van der Waals surface area contributed by atoms with E-state index in [1.807, 2.05) is 0 Å². The number of pyridine rings is 1. The maximum Gasteiger partial charge on any atom is 0.274 e. The highest BCUT2D eigenvalue weighted by Gasteiger charge is 2.49. The summed E-state index contributed by atoms with van der Waals surface area (Å²) in [6, 6.07) is 3.42. The van der Waals surface area contributed by atoms with Gasteiger partial charge in [-0.1, -0.05) is 0 Å². The minimum atomic E-state index is -2.92. The van der Waals surface area contributed by atoms with Gasteiger partial charge in [-0.15, -0.1) is 0 Å². The van der Waals surface area contributed by atoms with Gasteiger partial charge in [0.15, 0.2) is 5.65 Å². The van der Waals surface area contributed by atoms with Gasteiger partial charge in [0.05, 0.1) is 24.4 Å². The number of aromatic nitrogens is 4. The van der Waals surface area contributed by atoms with E-state index in [1.54, 1.807) is 31.4 Å². The standard InChI is InChI=1S/C21H23F2N7O3/c1-24-17-9-16(26-12-3-2-8-29(20(12)33)13-4-5-14(13)31)28-18-11(10-25-30(17)18)19(32)27-15-6-7-21(15,22)23/h2-3,8-10,13-15,24,31H,4-7H2,1H3,(H,26,28)(H,27,32)/t13-,14+,15?/m1/s1. The Morgan fingerprint density at radius 1 is 1.30 bits per heavy atom. The van der Waals surface area contributed by atoms with E-state index in [9.17, 15) is 23.5 Å². The number of carbonyl (C=O) groups excluding carboxylic acids is 1. The average molecular weight is 459 g/mol. The molecule has 12 heteroatoms. The lowest BCUT2D eigenvalue weighted by atomic mass is 9.88. The fourth-order valence-corrected chi connectivity index (χ4v) is 4.08. The van der Waals surface area contributed by atoms with Gasteiger partial charge in [0.2, 0.25) is 0 Å². The Balaban J connectivity index is 1.47. The largest absolute Gasteiger partial charge is 0.391 e. The molecule has 0 saturated heterocycles. The SMILES string of the molecule is CNc1cc(Nc2cccn([C@@H]3CC[C@@H]3O)c2=O)nc2c(C(=O)NC3CCC3(F)F)cnn12. The first-order valence-electron chi connectivity index (χ1n) is 10.7. The molecule has 0 radical (unpaired) electrons. The Morgan fingerprint density at radius 2 is 2.12 bits per heavy atom. The summed E-state index contributed by atoms with van der Waals surface area (Å²) in [5, 5.41) is 22.4. The van der Waals surface area contributed by atoms with Crippen molar-refractivity contribution in [3.63, 3.8) is 0 Å². The molecule has 0 bridgehead atoms. The second kappa shape index (κ2) is 7.80. The van der Waals surface area contributed by atoms with E-state index < -0.39 is 24.0 Å². The number of rotatable bonds is 6. The van der Waals surface area contributed by atoms with Crippen LogP contribution in [0, 0.1) is 0 Å². The van der Waals surface area contributed by atoms with Crippen LogP contribution in [0.25, 0.3) is 5.65 Å². The van der Waals surface area contributed by atoms with Crippen LogP contribution < -0.4 is 21.5 Å². The highest BCUT2D eigenvalue weighted by molar-refractivity contribution is 6.00. The highest BCUT2D eigenvalue weighted by atomic mass is 19.3. The highest BCUT2D eigenvalue weighted by Crippen LogP contribution is 2.37. The number of hydrogen-bond acceptors (Lipinski definition) is 7. The van der Waals surface area contributed by atoms with Crippen LogP contribution in [0.1, 0.15) is 42.1 Å². The molecule has 2 fully saturated rings. The first-order valence-corrected chi connectivity index (χ1v) is 10.7. The Bertz CT molecular complexity index is 1290. The van der Waals surface area contributed by atoms with E-state index in [2.05, 4.69) is 26.0 Å². The third-order valence-corrected chi connectivity index (χ3v) is 6.35. The molecule has 3 atom stereocenters. The molecule has 2 aliphatic carbocycles. The van der Waals surface area contributed by atoms with E-state index in [4.69, 9.17) is 0 Å². The van der Waals surface area contributed by atoms with E-state index in [0.29, 0.717) is 18.7 Å². The van der Waals surface area contributed by atoms with E-state index in [0.717, 1.165) is 0 Å². The number of aliphatic hydroxyl groups is 1. The summed E-state index contributed by atoms with van der Waals surface area (Å²) in [6.45, 7) is 0. The molecule has 174 valence electrons. The van der Waals surface area contributed by atoms with Crippen molar-refractivity contribution in [3.8, 4) is 0 Å². The van der Waals surface area contributed by atoms with Gasteiger partial charge in [-0.05, 0) is 31.4 Å². The molecule has 4 N–H and O–H groups in total. The van der Waals surface area contributed by atoms with Crippen molar-refractivity contribution < 1.29 is 18.7 Å². The van der Waals surface area contributed by atoms with E-state index in [-0.39, 0.29) is 47.2 Å². The summed E-state index contributed by atoms with van der Waals surface area (Å²) < 4.78 is 30.1. The van der Waals surface area contributed by atoms with Gasteiger partial charge in [0.25, 0.3) is 17.4 Å². The number of alkyl halides is 2. The number of hydrogen-bond donors (Lipinski definition) is 4. The molecule has 10 nitrogen and oxygen atoms in total. The lowest BCUT2D eigenvalue weighted by Crippen LogP contribution is -2.55. The third-order valence-electron chi connectivity index (χ3n) is 6.35. The Kier molecular flexibility index (Phi) is 5.04. The van der Waals surface area contributed by atoms with Crippen LogP contribution in [0.2, 0.25) is 0 Å². The predicted molar refractivity (Wildman–Crippen MR) is 116 cm³/mol. The van der Waals surface area contributed by atoms with Crippen LogP contribution in [0.3, 0.4) is 0 Å². The molecule has 3 aromatic heterocycles. The van der Waals surface area contributed by atoms with Gasteiger partial charge in [-0.25, -0.2) is 13.8 Å². The van der Waals surface area contributed by atoms with Gasteiger partial charge < -0.3 is 25.6 Å². The second-order valence-corrected chi connectivity index (χ2v) is 8.37. The summed E-state index contributed by atoms with van der Waals surface area (Å²) in [4.78, 5) is 30.0. The number of nitrogens with one attached hydrogen (secondary N) is 3. The number of halogens is 2. The Hall–Kier alpha value is -3.54. The quantitative estimate of drug-likeness (QED) is 0.444. The molecule has 0 aromatic carbocycles. The van der Waals surface area contributed by atoms with Gasteiger partial charge >= 0.3 is 0 Å². The van der Waals surface area contributed by atoms with Crippen molar-refractivity contribution in [2.24, 2.45) is 0 Å². The molecule has 0 aliphatic heterocycles. The normalized spacial score (nSPS) is 23.5. The Morgan fingerprint density at radius 3 is 2.73 bits per heavy atom. The van der Waals surface area contributed by atoms with Crippen molar-refractivity contribution in [2.75, 3.05) is 17.7 Å². The third kappa shape index (κ3) is 3.59. The molecular weight excluding hydrogens is 436 g/mol. The zero-order chi connectivity index (χ0) is 23.3. The average Bonchev–Trinajstić information content (AvgIpc) is 3.21. The maximum absolute atomic E-state index is 13.6. The fourth-order valence-electron chi connectivity index (χ4n) is 4.08. The van der Waals surface area contributed by atoms with Crippen molar-refractivity contribution >= 4 is 28.9 Å². The maximum atomic E-state index is 13.6. The monoisotopic (exact) mass is 459 g/mol. The van der Waals surface area contributed by atoms with Crippen molar-refractivity contribution in [1.29, 1.82) is 0 Å². The number of carbonyl (C=O) groups is 1. The summed E-state index contributed by atoms with van der Waals surface area (Å²) in [5.41, 5.74) is 0.124. The smallest absolute Gasteiger partial charge is 0.274 e. The zero-order valence-corrected chi connectivity index (χ0v) is 17.8. The van der Waals surface area contributed by atoms with Crippen LogP contribution in [-0.2, 0) is 0 Å². The predicted octanol–water partition coefficient (Wildman–Crippen LogP) is 1.90. The van der Waals surface area contributed by atoms with Crippen molar-refractivity contribution in [2.45, 2.75) is 49.8 Å². The first kappa shape index (κ1) is 21.3. The zero-order valence-electron chi connectivity index (χ0n) is 17.8. The number of anilines is 3. The van der Waals surface area contributed by atoms with Crippen LogP contribution in [0.5, 0.6) is 0 Å². The summed E-state index contributed by atoms with van der Waals surface area (Å²) >= 11 is 0. The van der Waals surface area contributed by atoms with E-state index >= 15 is 0 Å². The number of amides is 1. The molecule has 5 rings (SSSR count). The molecule has 3 aromatic rings. The summed E-state index contributed by atoms with van der Waals surface area (Å²) in [6.07, 6.45) is 3.66. The number of fused-ring (bicyclic) bond motifs is 1. The molecule has 3 heterocycles.